The van der Waals surface area contributed by atoms with Crippen LogP contribution in [0.3, 0.4) is 0 Å². The average molecular weight is 262 g/mol. The summed E-state index contributed by atoms with van der Waals surface area (Å²) in [6.07, 6.45) is 2.29. The molecule has 1 saturated heterocycles. The molecule has 1 aromatic carbocycles. The highest BCUT2D eigenvalue weighted by molar-refractivity contribution is 7.80. The van der Waals surface area contributed by atoms with Gasteiger partial charge in [0.25, 0.3) is 5.91 Å². The maximum absolute atomic E-state index is 12.4. The van der Waals surface area contributed by atoms with Gasteiger partial charge in [0.15, 0.2) is 0 Å². The van der Waals surface area contributed by atoms with Gasteiger partial charge in [-0.2, -0.15) is 0 Å². The molecule has 96 valence electrons. The third kappa shape index (κ3) is 2.88. The largest absolute Gasteiger partial charge is 0.389 e. The summed E-state index contributed by atoms with van der Waals surface area (Å²) in [6, 6.07) is 7.26. The zero-order valence-electron chi connectivity index (χ0n) is 10.6. The lowest BCUT2D eigenvalue weighted by Gasteiger charge is -2.31. The van der Waals surface area contributed by atoms with Gasteiger partial charge >= 0.3 is 0 Å². The normalized spacial score (nSPS) is 19.6. The van der Waals surface area contributed by atoms with Gasteiger partial charge < -0.3 is 10.6 Å². The second-order valence-electron chi connectivity index (χ2n) is 4.94. The van der Waals surface area contributed by atoms with Crippen molar-refractivity contribution in [2.75, 3.05) is 13.1 Å². The summed E-state index contributed by atoms with van der Waals surface area (Å²) in [5.74, 6) is 0.668. The van der Waals surface area contributed by atoms with Gasteiger partial charge in [0.05, 0.1) is 0 Å². The molecule has 1 atom stereocenters. The molecular weight excluding hydrogens is 244 g/mol. The van der Waals surface area contributed by atoms with E-state index < -0.39 is 0 Å². The summed E-state index contributed by atoms with van der Waals surface area (Å²) in [7, 11) is 0. The number of piperidine rings is 1. The molecule has 4 heteroatoms. The lowest BCUT2D eigenvalue weighted by molar-refractivity contribution is 0.0683. The van der Waals surface area contributed by atoms with Gasteiger partial charge in [-0.15, -0.1) is 0 Å². The van der Waals surface area contributed by atoms with Crippen molar-refractivity contribution in [1.29, 1.82) is 0 Å². The van der Waals surface area contributed by atoms with Crippen molar-refractivity contribution in [3.63, 3.8) is 0 Å². The summed E-state index contributed by atoms with van der Waals surface area (Å²) in [6.45, 7) is 3.88. The second-order valence-corrected chi connectivity index (χ2v) is 5.38. The van der Waals surface area contributed by atoms with Crippen molar-refractivity contribution in [1.82, 2.24) is 4.90 Å². The van der Waals surface area contributed by atoms with Gasteiger partial charge in [-0.3, -0.25) is 4.79 Å². The molecule has 1 aliphatic heterocycles. The number of hydrogen-bond acceptors (Lipinski definition) is 2. The highest BCUT2D eigenvalue weighted by Gasteiger charge is 2.22. The van der Waals surface area contributed by atoms with Crippen LogP contribution in [0.25, 0.3) is 0 Å². The van der Waals surface area contributed by atoms with Crippen LogP contribution in [0.15, 0.2) is 24.3 Å². The van der Waals surface area contributed by atoms with Crippen LogP contribution in [0.2, 0.25) is 0 Å². The molecule has 1 unspecified atom stereocenters. The summed E-state index contributed by atoms with van der Waals surface area (Å²) in [5.41, 5.74) is 7.02. The molecule has 1 aromatic rings. The number of nitrogens with zero attached hydrogens (tertiary/aromatic N) is 1. The van der Waals surface area contributed by atoms with Gasteiger partial charge in [-0.1, -0.05) is 31.3 Å². The Morgan fingerprint density at radius 3 is 2.83 bits per heavy atom. The SMILES string of the molecule is CC1CCCN(C(=O)c2cccc(C(N)=S)c2)C1. The minimum atomic E-state index is 0.0830. The van der Waals surface area contributed by atoms with E-state index in [2.05, 4.69) is 6.92 Å². The minimum Gasteiger partial charge on any atom is -0.389 e. The number of hydrogen-bond donors (Lipinski definition) is 1. The number of carbonyl (C=O) groups is 1. The van der Waals surface area contributed by atoms with E-state index >= 15 is 0 Å². The molecule has 18 heavy (non-hydrogen) atoms. The van der Waals surface area contributed by atoms with Crippen LogP contribution in [0.4, 0.5) is 0 Å². The molecule has 2 N–H and O–H groups in total. The number of thiocarbonyl (C=S) groups is 1. The van der Waals surface area contributed by atoms with Crippen LogP contribution in [-0.2, 0) is 0 Å². The Morgan fingerprint density at radius 1 is 1.44 bits per heavy atom. The van der Waals surface area contributed by atoms with Crippen molar-refractivity contribution in [2.24, 2.45) is 11.7 Å². The van der Waals surface area contributed by atoms with Crippen molar-refractivity contribution >= 4 is 23.1 Å². The van der Waals surface area contributed by atoms with E-state index in [4.69, 9.17) is 18.0 Å². The van der Waals surface area contributed by atoms with Crippen LogP contribution in [0.1, 0.15) is 35.7 Å². The first-order chi connectivity index (χ1) is 8.58. The fraction of sp³-hybridized carbons (Fsp3) is 0.429. The fourth-order valence-electron chi connectivity index (χ4n) is 2.36. The van der Waals surface area contributed by atoms with Gasteiger partial charge in [-0.05, 0) is 30.9 Å². The van der Waals surface area contributed by atoms with Gasteiger partial charge in [0.2, 0.25) is 0 Å². The van der Waals surface area contributed by atoms with Gasteiger partial charge in [0, 0.05) is 24.2 Å². The number of benzene rings is 1. The first-order valence-electron chi connectivity index (χ1n) is 6.27. The monoisotopic (exact) mass is 262 g/mol. The zero-order valence-corrected chi connectivity index (χ0v) is 11.4. The average Bonchev–Trinajstić information content (AvgIpc) is 2.38. The van der Waals surface area contributed by atoms with E-state index in [1.165, 1.54) is 6.42 Å². The molecule has 0 aliphatic carbocycles. The molecule has 0 aromatic heterocycles. The first kappa shape index (κ1) is 13.0. The number of amides is 1. The smallest absolute Gasteiger partial charge is 0.253 e. The molecule has 2 rings (SSSR count). The van der Waals surface area contributed by atoms with E-state index in [1.54, 1.807) is 6.07 Å². The Hall–Kier alpha value is -1.42. The summed E-state index contributed by atoms with van der Waals surface area (Å²) in [5, 5.41) is 0. The minimum absolute atomic E-state index is 0.0830. The Morgan fingerprint density at radius 2 is 2.17 bits per heavy atom. The highest BCUT2D eigenvalue weighted by Crippen LogP contribution is 2.18. The van der Waals surface area contributed by atoms with E-state index in [1.807, 2.05) is 23.1 Å². The quantitative estimate of drug-likeness (QED) is 0.831. The third-order valence-electron chi connectivity index (χ3n) is 3.34. The Labute approximate surface area is 113 Å². The van der Waals surface area contributed by atoms with Crippen LogP contribution in [0.5, 0.6) is 0 Å². The summed E-state index contributed by atoms with van der Waals surface area (Å²) < 4.78 is 0. The molecule has 1 fully saturated rings. The van der Waals surface area contributed by atoms with Crippen molar-refractivity contribution in [2.45, 2.75) is 19.8 Å². The standard InChI is InChI=1S/C14H18N2OS/c1-10-4-3-7-16(9-10)14(17)12-6-2-5-11(8-12)13(15)18/h2,5-6,8,10H,3-4,7,9H2,1H3,(H2,15,18). The lowest BCUT2D eigenvalue weighted by atomic mass is 9.99. The van der Waals surface area contributed by atoms with Gasteiger partial charge in [0.1, 0.15) is 4.99 Å². The fourth-order valence-corrected chi connectivity index (χ4v) is 2.49. The maximum atomic E-state index is 12.4. The number of carbonyl (C=O) groups excluding carboxylic acids is 1. The predicted molar refractivity (Wildman–Crippen MR) is 76.6 cm³/mol. The Balaban J connectivity index is 2.17. The Bertz CT molecular complexity index is 473. The molecule has 3 nitrogen and oxygen atoms in total. The van der Waals surface area contributed by atoms with Crippen LogP contribution >= 0.6 is 12.2 Å². The zero-order chi connectivity index (χ0) is 13.1. The van der Waals surface area contributed by atoms with Crippen molar-refractivity contribution < 1.29 is 4.79 Å². The van der Waals surface area contributed by atoms with Crippen LogP contribution in [-0.4, -0.2) is 28.9 Å². The van der Waals surface area contributed by atoms with Crippen LogP contribution < -0.4 is 5.73 Å². The van der Waals surface area contributed by atoms with E-state index in [0.717, 1.165) is 25.1 Å². The topological polar surface area (TPSA) is 46.3 Å². The first-order valence-corrected chi connectivity index (χ1v) is 6.68. The molecule has 0 spiro atoms. The second kappa shape index (κ2) is 5.48. The molecule has 1 aliphatic rings. The molecule has 1 amide bonds. The number of rotatable bonds is 2. The third-order valence-corrected chi connectivity index (χ3v) is 3.57. The predicted octanol–water partition coefficient (Wildman–Crippen LogP) is 2.19. The number of likely N-dealkylation sites (tertiary alicyclic amines) is 1. The molecule has 0 saturated carbocycles. The highest BCUT2D eigenvalue weighted by atomic mass is 32.1. The lowest BCUT2D eigenvalue weighted by Crippen LogP contribution is -2.39. The van der Waals surface area contributed by atoms with E-state index in [9.17, 15) is 4.79 Å². The van der Waals surface area contributed by atoms with Crippen molar-refractivity contribution in [3.05, 3.63) is 35.4 Å². The van der Waals surface area contributed by atoms with E-state index in [-0.39, 0.29) is 5.91 Å². The maximum Gasteiger partial charge on any atom is 0.253 e. The summed E-state index contributed by atoms with van der Waals surface area (Å²) >= 11 is 4.94. The van der Waals surface area contributed by atoms with Gasteiger partial charge in [-0.25, -0.2) is 0 Å². The molecule has 0 bridgehead atoms. The Kier molecular flexibility index (Phi) is 3.97. The van der Waals surface area contributed by atoms with E-state index in [0.29, 0.717) is 16.5 Å². The molecule has 1 heterocycles. The van der Waals surface area contributed by atoms with Crippen molar-refractivity contribution in [3.8, 4) is 0 Å². The number of nitrogens with two attached hydrogens (primary N) is 1. The molecular formula is C14H18N2OS. The van der Waals surface area contributed by atoms with Crippen LogP contribution in [0, 0.1) is 5.92 Å². The molecule has 0 radical (unpaired) electrons. The summed E-state index contributed by atoms with van der Waals surface area (Å²) in [4.78, 5) is 14.6.